The zero-order chi connectivity index (χ0) is 13.5. The fourth-order valence-electron chi connectivity index (χ4n) is 1.82. The molecule has 18 heavy (non-hydrogen) atoms. The van der Waals surface area contributed by atoms with Gasteiger partial charge in [-0.1, -0.05) is 61.9 Å². The van der Waals surface area contributed by atoms with Crippen LogP contribution < -0.4 is 0 Å². The van der Waals surface area contributed by atoms with Gasteiger partial charge in [-0.3, -0.25) is 0 Å². The molecule has 96 valence electrons. The lowest BCUT2D eigenvalue weighted by atomic mass is 10.0. The van der Waals surface area contributed by atoms with Gasteiger partial charge in [0.1, 0.15) is 0 Å². The van der Waals surface area contributed by atoms with Crippen LogP contribution in [0.1, 0.15) is 43.4 Å². The minimum atomic E-state index is 1.08. The second-order valence-electron chi connectivity index (χ2n) is 4.92. The van der Waals surface area contributed by atoms with Crippen LogP contribution in [-0.2, 0) is 0 Å². The van der Waals surface area contributed by atoms with Crippen LogP contribution in [0, 0.1) is 13.8 Å². The van der Waals surface area contributed by atoms with Gasteiger partial charge in [0.15, 0.2) is 0 Å². The lowest BCUT2D eigenvalue weighted by Crippen LogP contribution is -1.84. The van der Waals surface area contributed by atoms with Gasteiger partial charge in [-0.05, 0) is 49.5 Å². The summed E-state index contributed by atoms with van der Waals surface area (Å²) in [4.78, 5) is 0. The fourth-order valence-corrected chi connectivity index (χ4v) is 1.82. The van der Waals surface area contributed by atoms with Crippen molar-refractivity contribution in [3.05, 3.63) is 65.3 Å². The highest BCUT2D eigenvalue weighted by Crippen LogP contribution is 2.18. The second kappa shape index (κ2) is 7.00. The van der Waals surface area contributed by atoms with E-state index < -0.39 is 0 Å². The van der Waals surface area contributed by atoms with E-state index in [2.05, 4.69) is 70.7 Å². The van der Waals surface area contributed by atoms with E-state index in [-0.39, 0.29) is 0 Å². The lowest BCUT2D eigenvalue weighted by molar-refractivity contribution is 0.930. The molecule has 0 unspecified atom stereocenters. The van der Waals surface area contributed by atoms with Crippen molar-refractivity contribution >= 4 is 5.57 Å². The van der Waals surface area contributed by atoms with Crippen molar-refractivity contribution in [3.8, 4) is 0 Å². The zero-order valence-corrected chi connectivity index (χ0v) is 12.1. The third-order valence-corrected chi connectivity index (χ3v) is 3.21. The highest BCUT2D eigenvalue weighted by atomic mass is 14.0. The molecule has 0 nitrogen and oxygen atoms in total. The molecule has 0 radical (unpaired) electrons. The van der Waals surface area contributed by atoms with Crippen molar-refractivity contribution < 1.29 is 0 Å². The second-order valence-corrected chi connectivity index (χ2v) is 4.92. The molecular formula is C18H24. The Hall–Kier alpha value is -1.56. The molecule has 1 rings (SSSR count). The van der Waals surface area contributed by atoms with Crippen LogP contribution in [0.4, 0.5) is 0 Å². The van der Waals surface area contributed by atoms with E-state index >= 15 is 0 Å². The topological polar surface area (TPSA) is 0 Å². The average molecular weight is 240 g/mol. The van der Waals surface area contributed by atoms with Gasteiger partial charge in [0.2, 0.25) is 0 Å². The normalized spacial score (nSPS) is 12.1. The van der Waals surface area contributed by atoms with E-state index in [0.717, 1.165) is 12.8 Å². The Labute approximate surface area is 112 Å². The van der Waals surface area contributed by atoms with Crippen LogP contribution >= 0.6 is 0 Å². The quantitative estimate of drug-likeness (QED) is 0.586. The van der Waals surface area contributed by atoms with Crippen molar-refractivity contribution in [1.29, 1.82) is 0 Å². The Kier molecular flexibility index (Phi) is 5.64. The standard InChI is InChI=1S/C18H24/c1-6-8-14(2)9-7-10-16(4)18-12-11-15(3)17(5)13-18/h7,9-13H,2,6,8H2,1,3-5H3/b9-7-,16-10+. The van der Waals surface area contributed by atoms with Gasteiger partial charge in [-0.2, -0.15) is 0 Å². The molecule has 0 aliphatic rings. The van der Waals surface area contributed by atoms with Gasteiger partial charge in [-0.15, -0.1) is 0 Å². The maximum atomic E-state index is 4.02. The lowest BCUT2D eigenvalue weighted by Gasteiger charge is -2.05. The summed E-state index contributed by atoms with van der Waals surface area (Å²) in [5.41, 5.74) is 6.47. The summed E-state index contributed by atoms with van der Waals surface area (Å²) in [5.74, 6) is 0. The van der Waals surface area contributed by atoms with E-state index in [1.165, 1.54) is 27.8 Å². The first-order valence-corrected chi connectivity index (χ1v) is 6.65. The Morgan fingerprint density at radius 1 is 1.22 bits per heavy atom. The van der Waals surface area contributed by atoms with E-state index in [4.69, 9.17) is 0 Å². The van der Waals surface area contributed by atoms with Crippen molar-refractivity contribution in [2.75, 3.05) is 0 Å². The molecule has 0 heterocycles. The van der Waals surface area contributed by atoms with E-state index in [1.807, 2.05) is 0 Å². The molecule has 0 aliphatic carbocycles. The number of aryl methyl sites for hydroxylation is 2. The summed E-state index contributed by atoms with van der Waals surface area (Å²) >= 11 is 0. The van der Waals surface area contributed by atoms with Crippen molar-refractivity contribution in [2.45, 2.75) is 40.5 Å². The predicted octanol–water partition coefficient (Wildman–Crippen LogP) is 5.62. The highest BCUT2D eigenvalue weighted by Gasteiger charge is 1.97. The van der Waals surface area contributed by atoms with Gasteiger partial charge >= 0.3 is 0 Å². The smallest absolute Gasteiger partial charge is 0.0225 e. The number of hydrogen-bond donors (Lipinski definition) is 0. The minimum absolute atomic E-state index is 1.08. The summed E-state index contributed by atoms with van der Waals surface area (Å²) in [6.45, 7) is 12.7. The van der Waals surface area contributed by atoms with Crippen molar-refractivity contribution in [2.24, 2.45) is 0 Å². The van der Waals surface area contributed by atoms with E-state index in [9.17, 15) is 0 Å². The summed E-state index contributed by atoms with van der Waals surface area (Å²) in [7, 11) is 0. The van der Waals surface area contributed by atoms with E-state index in [1.54, 1.807) is 0 Å². The third kappa shape index (κ3) is 4.37. The van der Waals surface area contributed by atoms with Crippen molar-refractivity contribution in [3.63, 3.8) is 0 Å². The minimum Gasteiger partial charge on any atom is -0.0958 e. The molecule has 0 N–H and O–H groups in total. The Morgan fingerprint density at radius 2 is 1.94 bits per heavy atom. The first-order valence-electron chi connectivity index (χ1n) is 6.65. The molecule has 0 saturated carbocycles. The molecule has 0 saturated heterocycles. The third-order valence-electron chi connectivity index (χ3n) is 3.21. The van der Waals surface area contributed by atoms with Gasteiger partial charge in [-0.25, -0.2) is 0 Å². The van der Waals surface area contributed by atoms with Gasteiger partial charge in [0.05, 0.1) is 0 Å². The maximum absolute atomic E-state index is 4.02. The molecular weight excluding hydrogens is 216 g/mol. The molecule has 0 spiro atoms. The number of rotatable bonds is 5. The summed E-state index contributed by atoms with van der Waals surface area (Å²) in [6, 6.07) is 6.61. The summed E-state index contributed by atoms with van der Waals surface area (Å²) < 4.78 is 0. The number of benzene rings is 1. The number of allylic oxidation sites excluding steroid dienone is 5. The van der Waals surface area contributed by atoms with Crippen LogP contribution in [0.25, 0.3) is 5.57 Å². The van der Waals surface area contributed by atoms with Crippen LogP contribution in [0.2, 0.25) is 0 Å². The first kappa shape index (κ1) is 14.5. The Morgan fingerprint density at radius 3 is 2.56 bits per heavy atom. The fraction of sp³-hybridized carbons (Fsp3) is 0.333. The molecule has 0 heteroatoms. The molecule has 1 aromatic rings. The molecule has 0 bridgehead atoms. The van der Waals surface area contributed by atoms with Crippen LogP contribution in [0.5, 0.6) is 0 Å². The molecule has 0 fully saturated rings. The molecule has 0 atom stereocenters. The largest absolute Gasteiger partial charge is 0.0958 e. The van der Waals surface area contributed by atoms with Gasteiger partial charge in [0.25, 0.3) is 0 Å². The van der Waals surface area contributed by atoms with Crippen LogP contribution in [0.3, 0.4) is 0 Å². The highest BCUT2D eigenvalue weighted by molar-refractivity contribution is 5.66. The van der Waals surface area contributed by atoms with Crippen molar-refractivity contribution in [1.82, 2.24) is 0 Å². The molecule has 0 aromatic heterocycles. The number of hydrogen-bond acceptors (Lipinski definition) is 0. The molecule has 0 amide bonds. The maximum Gasteiger partial charge on any atom is -0.0225 e. The van der Waals surface area contributed by atoms with E-state index in [0.29, 0.717) is 0 Å². The SMILES string of the molecule is C=C(/C=C\C=C(/C)c1ccc(C)c(C)c1)CCC. The Balaban J connectivity index is 2.77. The van der Waals surface area contributed by atoms with Crippen LogP contribution in [-0.4, -0.2) is 0 Å². The van der Waals surface area contributed by atoms with Gasteiger partial charge in [0, 0.05) is 0 Å². The predicted molar refractivity (Wildman–Crippen MR) is 82.8 cm³/mol. The average Bonchev–Trinajstić information content (AvgIpc) is 2.33. The molecule has 1 aromatic carbocycles. The zero-order valence-electron chi connectivity index (χ0n) is 12.1. The Bertz CT molecular complexity index is 473. The molecule has 0 aliphatic heterocycles. The van der Waals surface area contributed by atoms with Gasteiger partial charge < -0.3 is 0 Å². The monoisotopic (exact) mass is 240 g/mol. The van der Waals surface area contributed by atoms with Crippen LogP contribution in [0.15, 0.2) is 48.6 Å². The summed E-state index contributed by atoms with van der Waals surface area (Å²) in [5, 5.41) is 0. The first-order chi connectivity index (χ1) is 8.54. The summed E-state index contributed by atoms with van der Waals surface area (Å²) in [6.07, 6.45) is 8.59.